The van der Waals surface area contributed by atoms with Crippen LogP contribution in [0.4, 0.5) is 5.82 Å². The highest BCUT2D eigenvalue weighted by Crippen LogP contribution is 2.22. The molecule has 0 spiro atoms. The molecule has 90 valence electrons. The molecule has 0 radical (unpaired) electrons. The van der Waals surface area contributed by atoms with Gasteiger partial charge in [0.1, 0.15) is 0 Å². The van der Waals surface area contributed by atoms with E-state index in [1.165, 1.54) is 0 Å². The maximum atomic E-state index is 11.6. The summed E-state index contributed by atoms with van der Waals surface area (Å²) in [6.45, 7) is 0. The van der Waals surface area contributed by atoms with E-state index in [-0.39, 0.29) is 10.8 Å². The van der Waals surface area contributed by atoms with Crippen LogP contribution in [0.15, 0.2) is 23.2 Å². The van der Waals surface area contributed by atoms with Gasteiger partial charge in [0.05, 0.1) is 11.0 Å². The van der Waals surface area contributed by atoms with Crippen molar-refractivity contribution in [3.05, 3.63) is 23.2 Å². The van der Waals surface area contributed by atoms with E-state index in [1.54, 1.807) is 25.2 Å². The minimum Gasteiger partial charge on any atom is -0.371 e. The Balaban J connectivity index is 2.83. The molecule has 0 saturated carbocycles. The molecule has 2 aromatic rings. The molecule has 1 aromatic heterocycles. The van der Waals surface area contributed by atoms with Crippen LogP contribution < -0.4 is 5.32 Å². The predicted octanol–water partition coefficient (Wildman–Crippen LogP) is 1.73. The molecule has 7 heteroatoms. The summed E-state index contributed by atoms with van der Waals surface area (Å²) in [5, 5.41) is 3.14. The fraction of sp³-hybridized carbons (Fsp3) is 0.200. The minimum absolute atomic E-state index is 0.0743. The first-order valence-electron chi connectivity index (χ1n) is 4.77. The zero-order valence-electron chi connectivity index (χ0n) is 9.23. The fourth-order valence-corrected chi connectivity index (χ4v) is 2.36. The Bertz CT molecular complexity index is 685. The molecule has 0 aliphatic carbocycles. The second-order valence-corrected chi connectivity index (χ2v) is 5.90. The lowest BCUT2D eigenvalue weighted by Gasteiger charge is -2.07. The standard InChI is InChI=1S/C10H10ClN3O2S/c1-12-9-10(17(2,15)16)14-8-5-6(11)3-4-7(8)13-9/h3-5H,1-2H3,(H,12,13). The number of hydrogen-bond acceptors (Lipinski definition) is 5. The van der Waals surface area contributed by atoms with Crippen molar-refractivity contribution >= 4 is 38.3 Å². The molecule has 0 bridgehead atoms. The highest BCUT2D eigenvalue weighted by molar-refractivity contribution is 7.90. The van der Waals surface area contributed by atoms with Gasteiger partial charge in [-0.05, 0) is 18.2 Å². The lowest BCUT2D eigenvalue weighted by Crippen LogP contribution is -2.08. The molecule has 0 amide bonds. The summed E-state index contributed by atoms with van der Waals surface area (Å²) in [4.78, 5) is 8.27. The van der Waals surface area contributed by atoms with E-state index in [0.717, 1.165) is 6.26 Å². The molecule has 1 N–H and O–H groups in total. The Morgan fingerprint density at radius 2 is 1.94 bits per heavy atom. The Morgan fingerprint density at radius 3 is 2.53 bits per heavy atom. The van der Waals surface area contributed by atoms with Crippen molar-refractivity contribution < 1.29 is 8.42 Å². The summed E-state index contributed by atoms with van der Waals surface area (Å²) in [7, 11) is -1.83. The first kappa shape index (κ1) is 12.1. The van der Waals surface area contributed by atoms with Crippen molar-refractivity contribution in [2.24, 2.45) is 0 Å². The zero-order valence-corrected chi connectivity index (χ0v) is 10.8. The second kappa shape index (κ2) is 4.12. The van der Waals surface area contributed by atoms with Crippen LogP contribution in [0.3, 0.4) is 0 Å². The molecule has 1 aromatic carbocycles. The first-order chi connectivity index (χ1) is 7.91. The number of halogens is 1. The largest absolute Gasteiger partial charge is 0.371 e. The van der Waals surface area contributed by atoms with Gasteiger partial charge in [-0.15, -0.1) is 0 Å². The van der Waals surface area contributed by atoms with Gasteiger partial charge in [0.15, 0.2) is 20.7 Å². The van der Waals surface area contributed by atoms with Gasteiger partial charge in [-0.2, -0.15) is 0 Å². The summed E-state index contributed by atoms with van der Waals surface area (Å²) < 4.78 is 23.1. The van der Waals surface area contributed by atoms with Crippen molar-refractivity contribution in [2.45, 2.75) is 5.03 Å². The van der Waals surface area contributed by atoms with Crippen LogP contribution in [0.2, 0.25) is 5.02 Å². The van der Waals surface area contributed by atoms with E-state index in [1.807, 2.05) is 0 Å². The fourth-order valence-electron chi connectivity index (χ4n) is 1.43. The molecule has 0 aliphatic rings. The smallest absolute Gasteiger partial charge is 0.198 e. The monoisotopic (exact) mass is 271 g/mol. The highest BCUT2D eigenvalue weighted by Gasteiger charge is 2.17. The number of benzene rings is 1. The average Bonchev–Trinajstić information content (AvgIpc) is 2.26. The van der Waals surface area contributed by atoms with Crippen molar-refractivity contribution in [1.82, 2.24) is 9.97 Å². The predicted molar refractivity (Wildman–Crippen MR) is 67.2 cm³/mol. The van der Waals surface area contributed by atoms with Crippen LogP contribution >= 0.6 is 11.6 Å². The lowest BCUT2D eigenvalue weighted by molar-refractivity contribution is 0.598. The van der Waals surface area contributed by atoms with Crippen molar-refractivity contribution in [3.63, 3.8) is 0 Å². The number of nitrogens with zero attached hydrogens (tertiary/aromatic N) is 2. The van der Waals surface area contributed by atoms with Crippen molar-refractivity contribution in [1.29, 1.82) is 0 Å². The van der Waals surface area contributed by atoms with Gasteiger partial charge in [0.2, 0.25) is 0 Å². The number of aromatic nitrogens is 2. The lowest BCUT2D eigenvalue weighted by atomic mass is 10.3. The summed E-state index contributed by atoms with van der Waals surface area (Å²) in [5.41, 5.74) is 1.04. The van der Waals surface area contributed by atoms with Gasteiger partial charge >= 0.3 is 0 Å². The van der Waals surface area contributed by atoms with E-state index < -0.39 is 9.84 Å². The summed E-state index contributed by atoms with van der Waals surface area (Å²) in [6, 6.07) is 4.95. The van der Waals surface area contributed by atoms with Gasteiger partial charge in [0, 0.05) is 18.3 Å². The van der Waals surface area contributed by atoms with E-state index in [2.05, 4.69) is 15.3 Å². The summed E-state index contributed by atoms with van der Waals surface area (Å²) >= 11 is 5.83. The molecule has 1 heterocycles. The molecule has 0 saturated heterocycles. The number of rotatable bonds is 2. The minimum atomic E-state index is -3.43. The molecular formula is C10H10ClN3O2S. The Morgan fingerprint density at radius 1 is 1.24 bits per heavy atom. The first-order valence-corrected chi connectivity index (χ1v) is 7.04. The SMILES string of the molecule is CNc1nc2ccc(Cl)cc2nc1S(C)(=O)=O. The van der Waals surface area contributed by atoms with Gasteiger partial charge in [-0.3, -0.25) is 0 Å². The summed E-state index contributed by atoms with van der Waals surface area (Å²) in [6.07, 6.45) is 1.09. The summed E-state index contributed by atoms with van der Waals surface area (Å²) in [5.74, 6) is 0.238. The molecule has 0 aliphatic heterocycles. The number of hydrogen-bond donors (Lipinski definition) is 1. The molecule has 5 nitrogen and oxygen atoms in total. The number of fused-ring (bicyclic) bond motifs is 1. The molecule has 0 unspecified atom stereocenters. The Kier molecular flexibility index (Phi) is 2.92. The number of nitrogens with one attached hydrogen (secondary N) is 1. The van der Waals surface area contributed by atoms with Crippen LogP contribution in [0.5, 0.6) is 0 Å². The van der Waals surface area contributed by atoms with Crippen LogP contribution in [0, 0.1) is 0 Å². The van der Waals surface area contributed by atoms with Crippen LogP contribution in [0.25, 0.3) is 11.0 Å². The topological polar surface area (TPSA) is 72.0 Å². The number of sulfone groups is 1. The Labute approximate surface area is 104 Å². The third kappa shape index (κ3) is 2.32. The zero-order chi connectivity index (χ0) is 12.6. The van der Waals surface area contributed by atoms with E-state index >= 15 is 0 Å². The van der Waals surface area contributed by atoms with Crippen molar-refractivity contribution in [2.75, 3.05) is 18.6 Å². The third-order valence-corrected chi connectivity index (χ3v) is 3.40. The highest BCUT2D eigenvalue weighted by atomic mass is 35.5. The third-order valence-electron chi connectivity index (χ3n) is 2.18. The van der Waals surface area contributed by atoms with E-state index in [4.69, 9.17) is 11.6 Å². The maximum Gasteiger partial charge on any atom is 0.198 e. The van der Waals surface area contributed by atoms with Crippen LogP contribution in [0.1, 0.15) is 0 Å². The normalized spacial score (nSPS) is 11.7. The molecule has 2 rings (SSSR count). The van der Waals surface area contributed by atoms with Gasteiger partial charge in [0.25, 0.3) is 0 Å². The molecule has 17 heavy (non-hydrogen) atoms. The van der Waals surface area contributed by atoms with Gasteiger partial charge in [-0.25, -0.2) is 18.4 Å². The van der Waals surface area contributed by atoms with Crippen LogP contribution in [-0.2, 0) is 9.84 Å². The second-order valence-electron chi connectivity index (χ2n) is 3.53. The van der Waals surface area contributed by atoms with Gasteiger partial charge in [-0.1, -0.05) is 11.6 Å². The van der Waals surface area contributed by atoms with E-state index in [9.17, 15) is 8.42 Å². The van der Waals surface area contributed by atoms with Crippen molar-refractivity contribution in [3.8, 4) is 0 Å². The Hall–Kier alpha value is -1.40. The maximum absolute atomic E-state index is 11.6. The molecule has 0 fully saturated rings. The molecule has 0 atom stereocenters. The average molecular weight is 272 g/mol. The quantitative estimate of drug-likeness (QED) is 0.901. The van der Waals surface area contributed by atoms with Crippen LogP contribution in [-0.4, -0.2) is 31.7 Å². The number of anilines is 1. The van der Waals surface area contributed by atoms with Gasteiger partial charge < -0.3 is 5.32 Å². The molecular weight excluding hydrogens is 262 g/mol. The van der Waals surface area contributed by atoms with E-state index in [0.29, 0.717) is 16.1 Å².